The van der Waals surface area contributed by atoms with Crippen LogP contribution >= 0.6 is 0 Å². The molecule has 1 aromatic carbocycles. The Labute approximate surface area is 106 Å². The van der Waals surface area contributed by atoms with Gasteiger partial charge in [0.25, 0.3) is 0 Å². The summed E-state index contributed by atoms with van der Waals surface area (Å²) in [5, 5.41) is 11.6. The molecule has 0 radical (unpaired) electrons. The van der Waals surface area contributed by atoms with Crippen LogP contribution in [-0.4, -0.2) is 29.3 Å². The van der Waals surface area contributed by atoms with Crippen LogP contribution in [0.15, 0.2) is 30.3 Å². The van der Waals surface area contributed by atoms with Crippen LogP contribution in [0.2, 0.25) is 0 Å². The van der Waals surface area contributed by atoms with Gasteiger partial charge in [-0.2, -0.15) is 0 Å². The lowest BCUT2D eigenvalue weighted by molar-refractivity contribution is -0.143. The largest absolute Gasteiger partial charge is 0.480 e. The van der Waals surface area contributed by atoms with Crippen LogP contribution in [0, 0.1) is 0 Å². The zero-order chi connectivity index (χ0) is 13.6. The molecule has 98 valence electrons. The number of ether oxygens (including phenoxy) is 1. The van der Waals surface area contributed by atoms with Crippen molar-refractivity contribution in [3.05, 3.63) is 35.9 Å². The van der Waals surface area contributed by atoms with E-state index >= 15 is 0 Å². The number of rotatable bonds is 5. The molecule has 5 heteroatoms. The minimum Gasteiger partial charge on any atom is -0.480 e. The molecule has 0 aliphatic heterocycles. The Morgan fingerprint density at radius 1 is 1.33 bits per heavy atom. The summed E-state index contributed by atoms with van der Waals surface area (Å²) in [7, 11) is 0. The van der Waals surface area contributed by atoms with Gasteiger partial charge in [0.15, 0.2) is 0 Å². The van der Waals surface area contributed by atoms with Crippen molar-refractivity contribution in [2.75, 3.05) is 6.61 Å². The molecule has 0 heterocycles. The van der Waals surface area contributed by atoms with Crippen molar-refractivity contribution >= 4 is 12.1 Å². The highest BCUT2D eigenvalue weighted by Gasteiger charge is 2.35. The summed E-state index contributed by atoms with van der Waals surface area (Å²) in [6.07, 6.45) is -0.527. The molecular weight excluding hydrogens is 234 g/mol. The second kappa shape index (κ2) is 6.05. The van der Waals surface area contributed by atoms with Gasteiger partial charge in [-0.05, 0) is 19.4 Å². The minimum absolute atomic E-state index is 0.196. The van der Waals surface area contributed by atoms with Gasteiger partial charge >= 0.3 is 12.1 Å². The lowest BCUT2D eigenvalue weighted by Crippen LogP contribution is -2.53. The average molecular weight is 251 g/mol. The molecule has 1 unspecified atom stereocenters. The monoisotopic (exact) mass is 251 g/mol. The first-order valence-electron chi connectivity index (χ1n) is 5.70. The lowest BCUT2D eigenvalue weighted by Gasteiger charge is -2.25. The van der Waals surface area contributed by atoms with Gasteiger partial charge in [0.05, 0.1) is 6.61 Å². The highest BCUT2D eigenvalue weighted by Crippen LogP contribution is 2.14. The Morgan fingerprint density at radius 3 is 2.44 bits per heavy atom. The molecule has 0 aromatic heterocycles. The van der Waals surface area contributed by atoms with Crippen molar-refractivity contribution in [3.8, 4) is 0 Å². The zero-order valence-electron chi connectivity index (χ0n) is 10.5. The van der Waals surface area contributed by atoms with Crippen LogP contribution in [0.25, 0.3) is 0 Å². The lowest BCUT2D eigenvalue weighted by atomic mass is 9.93. The highest BCUT2D eigenvalue weighted by molar-refractivity contribution is 5.84. The molecular formula is C13H17NO4. The van der Waals surface area contributed by atoms with E-state index in [-0.39, 0.29) is 13.0 Å². The third-order valence-corrected chi connectivity index (χ3v) is 2.53. The van der Waals surface area contributed by atoms with Crippen molar-refractivity contribution in [1.82, 2.24) is 5.32 Å². The number of carbonyl (C=O) groups excluding carboxylic acids is 1. The topological polar surface area (TPSA) is 75.6 Å². The summed E-state index contributed by atoms with van der Waals surface area (Å²) >= 11 is 0. The van der Waals surface area contributed by atoms with E-state index in [9.17, 15) is 14.7 Å². The van der Waals surface area contributed by atoms with Crippen molar-refractivity contribution < 1.29 is 19.4 Å². The number of carboxylic acids is 1. The molecule has 0 aliphatic carbocycles. The molecule has 0 saturated carbocycles. The molecule has 1 atom stereocenters. The van der Waals surface area contributed by atoms with Crippen molar-refractivity contribution in [2.45, 2.75) is 25.8 Å². The van der Waals surface area contributed by atoms with Gasteiger partial charge in [-0.25, -0.2) is 9.59 Å². The first-order valence-corrected chi connectivity index (χ1v) is 5.70. The maximum Gasteiger partial charge on any atom is 0.408 e. The van der Waals surface area contributed by atoms with E-state index in [2.05, 4.69) is 5.32 Å². The second-order valence-corrected chi connectivity index (χ2v) is 4.15. The summed E-state index contributed by atoms with van der Waals surface area (Å²) in [6.45, 7) is 3.32. The molecule has 18 heavy (non-hydrogen) atoms. The van der Waals surface area contributed by atoms with Gasteiger partial charge < -0.3 is 15.2 Å². The Kier molecular flexibility index (Phi) is 4.71. The van der Waals surface area contributed by atoms with Crippen molar-refractivity contribution in [2.24, 2.45) is 0 Å². The van der Waals surface area contributed by atoms with E-state index in [0.29, 0.717) is 0 Å². The van der Waals surface area contributed by atoms with Gasteiger partial charge in [0.2, 0.25) is 0 Å². The minimum atomic E-state index is -1.38. The molecule has 0 bridgehead atoms. The van der Waals surface area contributed by atoms with Gasteiger partial charge in [-0.3, -0.25) is 0 Å². The summed E-state index contributed by atoms with van der Waals surface area (Å²) < 4.78 is 4.71. The summed E-state index contributed by atoms with van der Waals surface area (Å²) in [6, 6.07) is 9.12. The van der Waals surface area contributed by atoms with Gasteiger partial charge in [-0.1, -0.05) is 30.3 Å². The predicted molar refractivity (Wildman–Crippen MR) is 66.3 cm³/mol. The summed E-state index contributed by atoms with van der Waals surface area (Å²) in [4.78, 5) is 22.7. The molecule has 1 rings (SSSR count). The Balaban J connectivity index is 2.81. The Bertz CT molecular complexity index is 418. The molecule has 1 amide bonds. The van der Waals surface area contributed by atoms with E-state index in [1.165, 1.54) is 6.92 Å². The maximum absolute atomic E-state index is 11.4. The zero-order valence-corrected chi connectivity index (χ0v) is 10.5. The fourth-order valence-electron chi connectivity index (χ4n) is 1.57. The molecule has 0 aliphatic rings. The van der Waals surface area contributed by atoms with Crippen LogP contribution in [0.5, 0.6) is 0 Å². The molecule has 0 spiro atoms. The summed E-state index contributed by atoms with van der Waals surface area (Å²) in [5.74, 6) is -1.10. The third-order valence-electron chi connectivity index (χ3n) is 2.53. The van der Waals surface area contributed by atoms with Crippen LogP contribution < -0.4 is 5.32 Å². The SMILES string of the molecule is CCOC(=O)NC(C)(Cc1ccccc1)C(=O)O. The quantitative estimate of drug-likeness (QED) is 0.837. The van der Waals surface area contributed by atoms with Crippen LogP contribution in [0.3, 0.4) is 0 Å². The second-order valence-electron chi connectivity index (χ2n) is 4.15. The maximum atomic E-state index is 11.4. The van der Waals surface area contributed by atoms with Crippen molar-refractivity contribution in [3.63, 3.8) is 0 Å². The fraction of sp³-hybridized carbons (Fsp3) is 0.385. The normalized spacial score (nSPS) is 13.4. The number of nitrogens with one attached hydrogen (secondary N) is 1. The Morgan fingerprint density at radius 2 is 1.94 bits per heavy atom. The predicted octanol–water partition coefficient (Wildman–Crippen LogP) is 1.82. The highest BCUT2D eigenvalue weighted by atomic mass is 16.5. The van der Waals surface area contributed by atoms with Gasteiger partial charge in [0.1, 0.15) is 5.54 Å². The molecule has 2 N–H and O–H groups in total. The smallest absolute Gasteiger partial charge is 0.408 e. The van der Waals surface area contributed by atoms with Crippen molar-refractivity contribution in [1.29, 1.82) is 0 Å². The number of hydrogen-bond donors (Lipinski definition) is 2. The number of aliphatic carboxylic acids is 1. The van der Waals surface area contributed by atoms with E-state index in [0.717, 1.165) is 5.56 Å². The molecule has 1 aromatic rings. The van der Waals surface area contributed by atoms with Crippen LogP contribution in [0.4, 0.5) is 4.79 Å². The van der Waals surface area contributed by atoms with E-state index in [1.54, 1.807) is 6.92 Å². The van der Waals surface area contributed by atoms with E-state index in [1.807, 2.05) is 30.3 Å². The number of alkyl carbamates (subject to hydrolysis) is 1. The summed E-state index contributed by atoms with van der Waals surface area (Å²) in [5.41, 5.74) is -0.549. The first kappa shape index (κ1) is 14.0. The third kappa shape index (κ3) is 3.76. The molecule has 0 fully saturated rings. The molecule has 0 saturated heterocycles. The number of amides is 1. The first-order chi connectivity index (χ1) is 8.48. The van der Waals surface area contributed by atoms with Crippen LogP contribution in [-0.2, 0) is 16.0 Å². The number of carboxylic acid groups (broad SMARTS) is 1. The van der Waals surface area contributed by atoms with E-state index < -0.39 is 17.6 Å². The average Bonchev–Trinajstić information content (AvgIpc) is 2.30. The van der Waals surface area contributed by atoms with E-state index in [4.69, 9.17) is 4.74 Å². The number of hydrogen-bond acceptors (Lipinski definition) is 3. The van der Waals surface area contributed by atoms with Gasteiger partial charge in [0, 0.05) is 6.42 Å². The standard InChI is InChI=1S/C13H17NO4/c1-3-18-12(17)14-13(2,11(15)16)9-10-7-5-4-6-8-10/h4-8H,3,9H2,1-2H3,(H,14,17)(H,15,16). The molecule has 5 nitrogen and oxygen atoms in total. The van der Waals surface area contributed by atoms with Crippen LogP contribution in [0.1, 0.15) is 19.4 Å². The number of benzene rings is 1. The van der Waals surface area contributed by atoms with Gasteiger partial charge in [-0.15, -0.1) is 0 Å². The number of carbonyl (C=O) groups is 2. The fourth-order valence-corrected chi connectivity index (χ4v) is 1.57. The Hall–Kier alpha value is -2.04.